The van der Waals surface area contributed by atoms with Crippen molar-refractivity contribution >= 4 is 15.9 Å². The van der Waals surface area contributed by atoms with E-state index in [1.807, 2.05) is 4.90 Å². The van der Waals surface area contributed by atoms with Crippen LogP contribution in [0.25, 0.3) is 0 Å². The van der Waals surface area contributed by atoms with Gasteiger partial charge in [-0.2, -0.15) is 0 Å². The Bertz CT molecular complexity index is 667. The molecule has 0 aromatic heterocycles. The molecule has 0 atom stereocenters. The first-order chi connectivity index (χ1) is 11.0. The molecule has 0 heterocycles. The molecule has 0 fully saturated rings. The van der Waals surface area contributed by atoms with Gasteiger partial charge in [-0.15, -0.1) is 0 Å². The third kappa shape index (κ3) is 4.99. The number of rotatable bonds is 7. The number of aliphatic hydroxyl groups excluding tert-OH is 1. The van der Waals surface area contributed by atoms with Gasteiger partial charge in [0.1, 0.15) is 5.82 Å². The van der Waals surface area contributed by atoms with Crippen LogP contribution >= 0.6 is 15.9 Å². The van der Waals surface area contributed by atoms with Crippen LogP contribution in [0.1, 0.15) is 11.1 Å². The van der Waals surface area contributed by atoms with Crippen LogP contribution in [0.5, 0.6) is 5.75 Å². The minimum atomic E-state index is -0.442. The molecule has 0 aliphatic heterocycles. The van der Waals surface area contributed by atoms with Gasteiger partial charge in [0.2, 0.25) is 0 Å². The Labute approximate surface area is 142 Å². The normalized spacial score (nSPS) is 11.0. The lowest BCUT2D eigenvalue weighted by atomic mass is 10.1. The first-order valence-electron chi connectivity index (χ1n) is 7.13. The molecular weight excluding hydrogens is 368 g/mol. The smallest absolute Gasteiger partial charge is 0.165 e. The molecular formula is C17H18BrF2NO2. The SMILES string of the molecule is COc1ccc(CN(CCO)Cc2cc(Br)ccc2F)cc1F. The maximum atomic E-state index is 13.9. The first-order valence-corrected chi connectivity index (χ1v) is 7.92. The van der Waals surface area contributed by atoms with Gasteiger partial charge < -0.3 is 9.84 Å². The average molecular weight is 386 g/mol. The van der Waals surface area contributed by atoms with Crippen LogP contribution in [0.3, 0.4) is 0 Å². The molecule has 0 amide bonds. The van der Waals surface area contributed by atoms with Crippen molar-refractivity contribution in [2.24, 2.45) is 0 Å². The van der Waals surface area contributed by atoms with Crippen molar-refractivity contribution in [1.82, 2.24) is 4.90 Å². The molecule has 0 aliphatic carbocycles. The van der Waals surface area contributed by atoms with Crippen molar-refractivity contribution in [3.8, 4) is 5.75 Å². The highest BCUT2D eigenvalue weighted by Gasteiger charge is 2.12. The zero-order valence-electron chi connectivity index (χ0n) is 12.7. The summed E-state index contributed by atoms with van der Waals surface area (Å²) < 4.78 is 33.3. The van der Waals surface area contributed by atoms with Gasteiger partial charge >= 0.3 is 0 Å². The number of aliphatic hydroxyl groups is 1. The number of hydrogen-bond acceptors (Lipinski definition) is 3. The summed E-state index contributed by atoms with van der Waals surface area (Å²) in [5.41, 5.74) is 1.24. The van der Waals surface area contributed by atoms with Crippen molar-refractivity contribution in [3.63, 3.8) is 0 Å². The molecule has 23 heavy (non-hydrogen) atoms. The van der Waals surface area contributed by atoms with Gasteiger partial charge in [0.15, 0.2) is 11.6 Å². The molecule has 2 aromatic rings. The Balaban J connectivity index is 2.15. The Morgan fingerprint density at radius 3 is 2.52 bits per heavy atom. The van der Waals surface area contributed by atoms with Gasteiger partial charge in [-0.25, -0.2) is 8.78 Å². The van der Waals surface area contributed by atoms with Crippen LogP contribution < -0.4 is 4.74 Å². The molecule has 6 heteroatoms. The van der Waals surface area contributed by atoms with E-state index in [1.165, 1.54) is 19.2 Å². The summed E-state index contributed by atoms with van der Waals surface area (Å²) in [5.74, 6) is -0.569. The van der Waals surface area contributed by atoms with E-state index in [1.54, 1.807) is 24.3 Å². The molecule has 3 nitrogen and oxygen atoms in total. The maximum absolute atomic E-state index is 13.9. The van der Waals surface area contributed by atoms with Crippen LogP contribution in [0.15, 0.2) is 40.9 Å². The highest BCUT2D eigenvalue weighted by atomic mass is 79.9. The van der Waals surface area contributed by atoms with Crippen molar-refractivity contribution in [2.45, 2.75) is 13.1 Å². The van der Waals surface area contributed by atoms with E-state index in [-0.39, 0.29) is 18.2 Å². The number of halogens is 3. The van der Waals surface area contributed by atoms with Crippen LogP contribution in [0.2, 0.25) is 0 Å². The summed E-state index contributed by atoms with van der Waals surface area (Å²) in [6, 6.07) is 9.43. The van der Waals surface area contributed by atoms with E-state index >= 15 is 0 Å². The number of ether oxygens (including phenoxy) is 1. The Morgan fingerprint density at radius 1 is 1.09 bits per heavy atom. The van der Waals surface area contributed by atoms with Crippen molar-refractivity contribution in [3.05, 3.63) is 63.6 Å². The van der Waals surface area contributed by atoms with Crippen molar-refractivity contribution in [1.29, 1.82) is 0 Å². The molecule has 0 spiro atoms. The fourth-order valence-corrected chi connectivity index (χ4v) is 2.74. The summed E-state index contributed by atoms with van der Waals surface area (Å²) in [6.07, 6.45) is 0. The third-order valence-electron chi connectivity index (χ3n) is 3.44. The lowest BCUT2D eigenvalue weighted by Crippen LogP contribution is -2.26. The number of nitrogens with zero attached hydrogens (tertiary/aromatic N) is 1. The predicted molar refractivity (Wildman–Crippen MR) is 88.3 cm³/mol. The lowest BCUT2D eigenvalue weighted by molar-refractivity contribution is 0.182. The first kappa shape index (κ1) is 17.8. The minimum Gasteiger partial charge on any atom is -0.494 e. The molecule has 0 aliphatic rings. The second-order valence-corrected chi connectivity index (χ2v) is 6.05. The Kier molecular flexibility index (Phi) is 6.50. The fraction of sp³-hybridized carbons (Fsp3) is 0.294. The van der Waals surface area contributed by atoms with Gasteiger partial charge in [0, 0.05) is 29.7 Å². The average Bonchev–Trinajstić information content (AvgIpc) is 2.51. The summed E-state index contributed by atoms with van der Waals surface area (Å²) in [6.45, 7) is 1.01. The quantitative estimate of drug-likeness (QED) is 0.787. The van der Waals surface area contributed by atoms with E-state index in [4.69, 9.17) is 4.74 Å². The second kappa shape index (κ2) is 8.38. The molecule has 124 valence electrons. The zero-order chi connectivity index (χ0) is 16.8. The number of hydrogen-bond donors (Lipinski definition) is 1. The predicted octanol–water partition coefficient (Wildman–Crippen LogP) is 3.73. The van der Waals surface area contributed by atoms with Gasteiger partial charge in [0.25, 0.3) is 0 Å². The maximum Gasteiger partial charge on any atom is 0.165 e. The van der Waals surface area contributed by atoms with Gasteiger partial charge in [-0.3, -0.25) is 4.90 Å². The summed E-state index contributed by atoms with van der Waals surface area (Å²) in [5, 5.41) is 9.21. The van der Waals surface area contributed by atoms with E-state index < -0.39 is 5.82 Å². The Hall–Kier alpha value is -1.50. The molecule has 0 bridgehead atoms. The molecule has 1 N–H and O–H groups in total. The molecule has 2 rings (SSSR count). The standard InChI is InChI=1S/C17H18BrF2NO2/c1-23-17-5-2-12(8-16(17)20)10-21(6-7-22)11-13-9-14(18)3-4-15(13)19/h2-5,8-9,22H,6-7,10-11H2,1H3. The van der Waals surface area contributed by atoms with E-state index in [9.17, 15) is 13.9 Å². The summed E-state index contributed by atoms with van der Waals surface area (Å²) in [4.78, 5) is 1.85. The van der Waals surface area contributed by atoms with Crippen molar-refractivity contribution < 1.29 is 18.6 Å². The van der Waals surface area contributed by atoms with Gasteiger partial charge in [-0.05, 0) is 35.9 Å². The topological polar surface area (TPSA) is 32.7 Å². The molecule has 0 saturated carbocycles. The molecule has 0 radical (unpaired) electrons. The third-order valence-corrected chi connectivity index (χ3v) is 3.93. The van der Waals surface area contributed by atoms with Crippen molar-refractivity contribution in [2.75, 3.05) is 20.3 Å². The Morgan fingerprint density at radius 2 is 1.87 bits per heavy atom. The highest BCUT2D eigenvalue weighted by molar-refractivity contribution is 9.10. The lowest BCUT2D eigenvalue weighted by Gasteiger charge is -2.22. The minimum absolute atomic E-state index is 0.0613. The zero-order valence-corrected chi connectivity index (χ0v) is 14.3. The second-order valence-electron chi connectivity index (χ2n) is 5.14. The molecule has 2 aromatic carbocycles. The number of benzene rings is 2. The van der Waals surface area contributed by atoms with E-state index in [2.05, 4.69) is 15.9 Å². The number of methoxy groups -OCH3 is 1. The summed E-state index contributed by atoms with van der Waals surface area (Å²) >= 11 is 3.32. The van der Waals surface area contributed by atoms with Crippen LogP contribution in [-0.2, 0) is 13.1 Å². The molecule has 0 saturated heterocycles. The largest absolute Gasteiger partial charge is 0.494 e. The van der Waals surface area contributed by atoms with Gasteiger partial charge in [0.05, 0.1) is 13.7 Å². The monoisotopic (exact) mass is 385 g/mol. The van der Waals surface area contributed by atoms with E-state index in [0.717, 1.165) is 10.0 Å². The van der Waals surface area contributed by atoms with Crippen LogP contribution in [0.4, 0.5) is 8.78 Å². The van der Waals surface area contributed by atoms with E-state index in [0.29, 0.717) is 25.2 Å². The fourth-order valence-electron chi connectivity index (χ4n) is 2.33. The summed E-state index contributed by atoms with van der Waals surface area (Å²) in [7, 11) is 1.41. The highest BCUT2D eigenvalue weighted by Crippen LogP contribution is 2.21. The van der Waals surface area contributed by atoms with Crippen LogP contribution in [0, 0.1) is 11.6 Å². The van der Waals surface area contributed by atoms with Gasteiger partial charge in [-0.1, -0.05) is 22.0 Å². The molecule has 0 unspecified atom stereocenters. The van der Waals surface area contributed by atoms with Crippen LogP contribution in [-0.4, -0.2) is 30.3 Å².